The van der Waals surface area contributed by atoms with Crippen LogP contribution in [0.3, 0.4) is 0 Å². The van der Waals surface area contributed by atoms with Crippen molar-refractivity contribution < 1.29 is 38.2 Å². The Bertz CT molecular complexity index is 1100. The van der Waals surface area contributed by atoms with Crippen molar-refractivity contribution in [2.75, 3.05) is 26.2 Å². The van der Waals surface area contributed by atoms with Gasteiger partial charge in [0.1, 0.15) is 26.3 Å². The van der Waals surface area contributed by atoms with E-state index in [0.717, 1.165) is 36.8 Å². The number of ether oxygens (including phenoxy) is 2. The van der Waals surface area contributed by atoms with Crippen molar-refractivity contribution in [1.29, 1.82) is 0 Å². The van der Waals surface area contributed by atoms with Crippen LogP contribution in [0.25, 0.3) is 0 Å². The van der Waals surface area contributed by atoms with Crippen LogP contribution in [0.4, 0.5) is 0 Å². The maximum Gasteiger partial charge on any atom is 0.325 e. The summed E-state index contributed by atoms with van der Waals surface area (Å²) in [6, 6.07) is 18.4. The fourth-order valence-corrected chi connectivity index (χ4v) is 3.86. The quantitative estimate of drug-likeness (QED) is 0.123. The Morgan fingerprint density at radius 2 is 0.773 bits per heavy atom. The Labute approximate surface area is 257 Å². The third kappa shape index (κ3) is 17.9. The van der Waals surface area contributed by atoms with Crippen LogP contribution < -0.4 is 21.3 Å². The molecule has 0 bridgehead atoms. The minimum absolute atomic E-state index is 0.125. The molecule has 0 spiro atoms. The third-order valence-corrected chi connectivity index (χ3v) is 6.29. The fraction of sp³-hybridized carbons (Fsp3) is 0.438. The molecule has 0 heterocycles. The summed E-state index contributed by atoms with van der Waals surface area (Å²) in [7, 11) is 0. The average molecular weight is 611 g/mol. The Morgan fingerprint density at radius 1 is 0.432 bits per heavy atom. The van der Waals surface area contributed by atoms with Crippen molar-refractivity contribution >= 4 is 35.6 Å². The molecule has 12 nitrogen and oxygen atoms in total. The molecule has 0 aliphatic carbocycles. The number of carbonyl (C=O) groups excluding carboxylic acids is 6. The van der Waals surface area contributed by atoms with Gasteiger partial charge in [-0.05, 0) is 24.0 Å². The van der Waals surface area contributed by atoms with Gasteiger partial charge in [-0.25, -0.2) is 0 Å². The topological polar surface area (TPSA) is 169 Å². The average Bonchev–Trinajstić information content (AvgIpc) is 3.04. The van der Waals surface area contributed by atoms with Gasteiger partial charge in [0.15, 0.2) is 0 Å². The van der Waals surface area contributed by atoms with Crippen molar-refractivity contribution in [2.24, 2.45) is 0 Å². The molecule has 0 unspecified atom stereocenters. The van der Waals surface area contributed by atoms with Gasteiger partial charge in [0, 0.05) is 12.8 Å². The fourth-order valence-electron chi connectivity index (χ4n) is 3.86. The van der Waals surface area contributed by atoms with Gasteiger partial charge in [0.25, 0.3) is 0 Å². The molecule has 0 aliphatic heterocycles. The molecule has 0 fully saturated rings. The van der Waals surface area contributed by atoms with Gasteiger partial charge in [0.2, 0.25) is 23.6 Å². The maximum absolute atomic E-state index is 11.9. The molecule has 12 heteroatoms. The molecule has 0 aromatic heterocycles. The highest BCUT2D eigenvalue weighted by Gasteiger charge is 2.10. The Kier molecular flexibility index (Phi) is 17.6. The molecule has 0 aliphatic rings. The van der Waals surface area contributed by atoms with Crippen LogP contribution in [-0.4, -0.2) is 61.7 Å². The molecule has 4 amide bonds. The van der Waals surface area contributed by atoms with E-state index in [-0.39, 0.29) is 51.2 Å². The SMILES string of the molecule is O=C(CCCCCCCCC(=O)NCC(=O)NCC(=O)OCc1ccccc1)NCC(=O)NCC(=O)OCc1ccccc1. The lowest BCUT2D eigenvalue weighted by Gasteiger charge is -2.08. The molecule has 2 aromatic rings. The number of benzene rings is 2. The maximum atomic E-state index is 11.9. The molecule has 0 saturated heterocycles. The van der Waals surface area contributed by atoms with Crippen LogP contribution in [0.2, 0.25) is 0 Å². The third-order valence-electron chi connectivity index (χ3n) is 6.29. The Balaban J connectivity index is 1.37. The number of rotatable bonds is 21. The van der Waals surface area contributed by atoms with Gasteiger partial charge in [-0.1, -0.05) is 86.3 Å². The first-order valence-corrected chi connectivity index (χ1v) is 14.8. The van der Waals surface area contributed by atoms with E-state index in [0.29, 0.717) is 25.7 Å². The van der Waals surface area contributed by atoms with E-state index < -0.39 is 23.8 Å². The summed E-state index contributed by atoms with van der Waals surface area (Å²) < 4.78 is 10.2. The molecule has 44 heavy (non-hydrogen) atoms. The van der Waals surface area contributed by atoms with Crippen molar-refractivity contribution in [1.82, 2.24) is 21.3 Å². The van der Waals surface area contributed by atoms with Gasteiger partial charge >= 0.3 is 11.9 Å². The normalized spacial score (nSPS) is 10.3. The molecule has 0 radical (unpaired) electrons. The van der Waals surface area contributed by atoms with E-state index in [2.05, 4.69) is 21.3 Å². The molecular weight excluding hydrogens is 568 g/mol. The van der Waals surface area contributed by atoms with E-state index in [4.69, 9.17) is 9.47 Å². The summed E-state index contributed by atoms with van der Waals surface area (Å²) in [4.78, 5) is 71.0. The number of hydrogen-bond donors (Lipinski definition) is 4. The number of carbonyl (C=O) groups is 6. The summed E-state index contributed by atoms with van der Waals surface area (Å²) in [6.07, 6.45) is 5.43. The van der Waals surface area contributed by atoms with Gasteiger partial charge in [-0.15, -0.1) is 0 Å². The Morgan fingerprint density at radius 3 is 1.16 bits per heavy atom. The van der Waals surface area contributed by atoms with Crippen LogP contribution in [0.1, 0.15) is 62.5 Å². The molecule has 0 saturated carbocycles. The lowest BCUT2D eigenvalue weighted by atomic mass is 10.1. The van der Waals surface area contributed by atoms with Crippen molar-refractivity contribution in [3.63, 3.8) is 0 Å². The van der Waals surface area contributed by atoms with Crippen molar-refractivity contribution in [3.05, 3.63) is 71.8 Å². The van der Waals surface area contributed by atoms with E-state index in [1.165, 1.54) is 0 Å². The van der Waals surface area contributed by atoms with Crippen LogP contribution in [0.5, 0.6) is 0 Å². The van der Waals surface area contributed by atoms with E-state index in [1.807, 2.05) is 60.7 Å². The number of nitrogens with one attached hydrogen (secondary N) is 4. The summed E-state index contributed by atoms with van der Waals surface area (Å²) in [5.74, 6) is -2.55. The van der Waals surface area contributed by atoms with Gasteiger partial charge in [-0.3, -0.25) is 28.8 Å². The second-order valence-corrected chi connectivity index (χ2v) is 10.0. The highest BCUT2D eigenvalue weighted by atomic mass is 16.5. The van der Waals surface area contributed by atoms with Crippen LogP contribution in [0.15, 0.2) is 60.7 Å². The van der Waals surface area contributed by atoms with E-state index in [1.54, 1.807) is 0 Å². The first kappa shape index (κ1) is 35.5. The molecule has 2 aromatic carbocycles. The van der Waals surface area contributed by atoms with Crippen LogP contribution >= 0.6 is 0 Å². The first-order valence-electron chi connectivity index (χ1n) is 14.8. The zero-order chi connectivity index (χ0) is 31.8. The standard InChI is InChI=1S/C32H42N4O8/c37-27(33-19-29(39)35-21-31(41)43-23-25-13-7-5-8-14-25)17-11-3-1-2-4-12-18-28(38)34-20-30(40)36-22-32(42)44-24-26-15-9-6-10-16-26/h5-10,13-16H,1-4,11-12,17-24H2,(H,33,37)(H,34,38)(H,35,39)(H,36,40). The molecular formula is C32H42N4O8. The largest absolute Gasteiger partial charge is 0.460 e. The Hall–Kier alpha value is -4.74. The summed E-state index contributed by atoms with van der Waals surface area (Å²) >= 11 is 0. The molecule has 238 valence electrons. The molecule has 0 atom stereocenters. The lowest BCUT2D eigenvalue weighted by molar-refractivity contribution is -0.145. The summed E-state index contributed by atoms with van der Waals surface area (Å²) in [5.41, 5.74) is 1.69. The monoisotopic (exact) mass is 610 g/mol. The minimum atomic E-state index is -0.563. The predicted molar refractivity (Wildman–Crippen MR) is 161 cm³/mol. The highest BCUT2D eigenvalue weighted by molar-refractivity contribution is 5.87. The van der Waals surface area contributed by atoms with Crippen molar-refractivity contribution in [3.8, 4) is 0 Å². The number of esters is 2. The lowest BCUT2D eigenvalue weighted by Crippen LogP contribution is -2.39. The molecule has 2 rings (SSSR count). The van der Waals surface area contributed by atoms with Crippen molar-refractivity contribution in [2.45, 2.75) is 64.6 Å². The smallest absolute Gasteiger partial charge is 0.325 e. The molecule has 4 N–H and O–H groups in total. The number of unbranched alkanes of at least 4 members (excludes halogenated alkanes) is 5. The zero-order valence-corrected chi connectivity index (χ0v) is 24.9. The highest BCUT2D eigenvalue weighted by Crippen LogP contribution is 2.08. The van der Waals surface area contributed by atoms with E-state index in [9.17, 15) is 28.8 Å². The van der Waals surface area contributed by atoms with Crippen LogP contribution in [0, 0.1) is 0 Å². The zero-order valence-electron chi connectivity index (χ0n) is 24.9. The second-order valence-electron chi connectivity index (χ2n) is 10.0. The predicted octanol–water partition coefficient (Wildman–Crippen LogP) is 2.06. The van der Waals surface area contributed by atoms with Gasteiger partial charge in [-0.2, -0.15) is 0 Å². The number of hydrogen-bond acceptors (Lipinski definition) is 8. The van der Waals surface area contributed by atoms with Gasteiger partial charge < -0.3 is 30.7 Å². The minimum Gasteiger partial charge on any atom is -0.460 e. The number of amides is 4. The van der Waals surface area contributed by atoms with E-state index >= 15 is 0 Å². The van der Waals surface area contributed by atoms with Crippen LogP contribution in [-0.2, 0) is 51.5 Å². The van der Waals surface area contributed by atoms with Gasteiger partial charge in [0.05, 0.1) is 13.1 Å². The summed E-state index contributed by atoms with van der Waals surface area (Å²) in [6.45, 7) is -0.718. The first-order chi connectivity index (χ1) is 21.3. The second kappa shape index (κ2) is 21.9. The summed E-state index contributed by atoms with van der Waals surface area (Å²) in [5, 5.41) is 9.90.